The van der Waals surface area contributed by atoms with Gasteiger partial charge in [0.05, 0.1) is 7.11 Å². The lowest BCUT2D eigenvalue weighted by molar-refractivity contribution is 0.414. The standard InChI is InChI=1S/C19H25NO/c1-4-20-14-17(19-11-6-5-8-15(19)2)12-16-9-7-10-18(13-16)21-3/h5-11,13,17,20H,4,12,14H2,1-3H3. The Bertz CT molecular complexity index is 565. The van der Waals surface area contributed by atoms with Crippen LogP contribution in [0.3, 0.4) is 0 Å². The summed E-state index contributed by atoms with van der Waals surface area (Å²) in [6.07, 6.45) is 1.02. The van der Waals surface area contributed by atoms with Crippen molar-refractivity contribution in [3.05, 3.63) is 65.2 Å². The Kier molecular flexibility index (Phi) is 5.82. The molecule has 1 atom stereocenters. The van der Waals surface area contributed by atoms with Crippen molar-refractivity contribution in [2.45, 2.75) is 26.2 Å². The van der Waals surface area contributed by atoms with E-state index in [1.807, 2.05) is 6.07 Å². The van der Waals surface area contributed by atoms with E-state index in [2.05, 4.69) is 61.6 Å². The summed E-state index contributed by atoms with van der Waals surface area (Å²) in [6, 6.07) is 17.1. The fourth-order valence-corrected chi connectivity index (χ4v) is 2.74. The number of hydrogen-bond acceptors (Lipinski definition) is 2. The fraction of sp³-hybridized carbons (Fsp3) is 0.368. The van der Waals surface area contributed by atoms with Crippen LogP contribution in [0.25, 0.3) is 0 Å². The van der Waals surface area contributed by atoms with Gasteiger partial charge in [-0.05, 0) is 48.7 Å². The summed E-state index contributed by atoms with van der Waals surface area (Å²) in [5.41, 5.74) is 4.12. The third-order valence-corrected chi connectivity index (χ3v) is 3.89. The number of hydrogen-bond donors (Lipinski definition) is 1. The summed E-state index contributed by atoms with van der Waals surface area (Å²) in [4.78, 5) is 0. The van der Waals surface area contributed by atoms with Gasteiger partial charge in [0, 0.05) is 12.5 Å². The number of rotatable bonds is 7. The van der Waals surface area contributed by atoms with Gasteiger partial charge in [-0.15, -0.1) is 0 Å². The molecular weight excluding hydrogens is 258 g/mol. The van der Waals surface area contributed by atoms with Crippen LogP contribution in [0.5, 0.6) is 5.75 Å². The lowest BCUT2D eigenvalue weighted by atomic mass is 9.89. The van der Waals surface area contributed by atoms with E-state index in [0.29, 0.717) is 5.92 Å². The van der Waals surface area contributed by atoms with Crippen LogP contribution in [0.4, 0.5) is 0 Å². The predicted molar refractivity (Wildman–Crippen MR) is 89.2 cm³/mol. The van der Waals surface area contributed by atoms with Crippen molar-refractivity contribution in [2.75, 3.05) is 20.2 Å². The van der Waals surface area contributed by atoms with E-state index < -0.39 is 0 Å². The summed E-state index contributed by atoms with van der Waals surface area (Å²) < 4.78 is 5.33. The maximum Gasteiger partial charge on any atom is 0.119 e. The number of benzene rings is 2. The first-order chi connectivity index (χ1) is 10.2. The molecular formula is C19H25NO. The summed E-state index contributed by atoms with van der Waals surface area (Å²) >= 11 is 0. The van der Waals surface area contributed by atoms with Gasteiger partial charge in [-0.2, -0.15) is 0 Å². The van der Waals surface area contributed by atoms with E-state index >= 15 is 0 Å². The average Bonchev–Trinajstić information content (AvgIpc) is 2.52. The quantitative estimate of drug-likeness (QED) is 0.831. The lowest BCUT2D eigenvalue weighted by Crippen LogP contribution is -2.23. The van der Waals surface area contributed by atoms with Crippen LogP contribution in [0.2, 0.25) is 0 Å². The largest absolute Gasteiger partial charge is 0.497 e. The molecule has 0 saturated heterocycles. The van der Waals surface area contributed by atoms with Crippen LogP contribution in [-0.4, -0.2) is 20.2 Å². The molecule has 1 N–H and O–H groups in total. The van der Waals surface area contributed by atoms with Crippen LogP contribution in [-0.2, 0) is 6.42 Å². The molecule has 0 aromatic heterocycles. The van der Waals surface area contributed by atoms with Crippen LogP contribution >= 0.6 is 0 Å². The Morgan fingerprint density at radius 2 is 1.90 bits per heavy atom. The van der Waals surface area contributed by atoms with Crippen LogP contribution in [0.1, 0.15) is 29.5 Å². The zero-order valence-electron chi connectivity index (χ0n) is 13.2. The Morgan fingerprint density at radius 3 is 2.62 bits per heavy atom. The van der Waals surface area contributed by atoms with Crippen LogP contribution in [0.15, 0.2) is 48.5 Å². The third kappa shape index (κ3) is 4.33. The maximum absolute atomic E-state index is 5.33. The van der Waals surface area contributed by atoms with Crippen molar-refractivity contribution in [3.8, 4) is 5.75 Å². The minimum absolute atomic E-state index is 0.484. The molecule has 0 aliphatic heterocycles. The monoisotopic (exact) mass is 283 g/mol. The first kappa shape index (κ1) is 15.6. The van der Waals surface area contributed by atoms with Crippen molar-refractivity contribution < 1.29 is 4.74 Å². The molecule has 2 aromatic rings. The molecule has 0 amide bonds. The van der Waals surface area contributed by atoms with Gasteiger partial charge in [-0.1, -0.05) is 43.3 Å². The normalized spacial score (nSPS) is 12.1. The van der Waals surface area contributed by atoms with Crippen molar-refractivity contribution in [1.82, 2.24) is 5.32 Å². The summed E-state index contributed by atoms with van der Waals surface area (Å²) in [5.74, 6) is 1.41. The number of methoxy groups -OCH3 is 1. The fourth-order valence-electron chi connectivity index (χ4n) is 2.74. The molecule has 0 radical (unpaired) electrons. The molecule has 2 nitrogen and oxygen atoms in total. The van der Waals surface area contributed by atoms with Gasteiger partial charge < -0.3 is 10.1 Å². The Balaban J connectivity index is 2.21. The SMILES string of the molecule is CCNCC(Cc1cccc(OC)c1)c1ccccc1C. The second kappa shape index (κ2) is 7.84. The number of likely N-dealkylation sites (N-methyl/N-ethyl adjacent to an activating group) is 1. The molecule has 0 aliphatic carbocycles. The number of ether oxygens (including phenoxy) is 1. The predicted octanol–water partition coefficient (Wildman–Crippen LogP) is 3.94. The first-order valence-corrected chi connectivity index (χ1v) is 7.63. The van der Waals surface area contributed by atoms with Gasteiger partial charge in [0.25, 0.3) is 0 Å². The molecule has 0 bridgehead atoms. The van der Waals surface area contributed by atoms with E-state index in [4.69, 9.17) is 4.74 Å². The Hall–Kier alpha value is -1.80. The van der Waals surface area contributed by atoms with Gasteiger partial charge in [0.15, 0.2) is 0 Å². The highest BCUT2D eigenvalue weighted by atomic mass is 16.5. The smallest absolute Gasteiger partial charge is 0.119 e. The second-order valence-electron chi connectivity index (χ2n) is 5.42. The lowest BCUT2D eigenvalue weighted by Gasteiger charge is -2.20. The van der Waals surface area contributed by atoms with E-state index in [-0.39, 0.29) is 0 Å². The first-order valence-electron chi connectivity index (χ1n) is 7.63. The highest BCUT2D eigenvalue weighted by molar-refractivity contribution is 5.34. The molecule has 0 heterocycles. The van der Waals surface area contributed by atoms with Gasteiger partial charge in [0.2, 0.25) is 0 Å². The number of aryl methyl sites for hydroxylation is 1. The maximum atomic E-state index is 5.33. The Morgan fingerprint density at radius 1 is 1.10 bits per heavy atom. The molecule has 0 spiro atoms. The van der Waals surface area contributed by atoms with E-state index in [1.165, 1.54) is 16.7 Å². The van der Waals surface area contributed by atoms with Gasteiger partial charge in [0.1, 0.15) is 5.75 Å². The van der Waals surface area contributed by atoms with Crippen molar-refractivity contribution in [1.29, 1.82) is 0 Å². The van der Waals surface area contributed by atoms with Gasteiger partial charge >= 0.3 is 0 Å². The molecule has 0 saturated carbocycles. The van der Waals surface area contributed by atoms with Crippen LogP contribution in [0, 0.1) is 6.92 Å². The molecule has 1 unspecified atom stereocenters. The summed E-state index contributed by atoms with van der Waals surface area (Å²) in [6.45, 7) is 6.35. The van der Waals surface area contributed by atoms with E-state index in [1.54, 1.807) is 7.11 Å². The highest BCUT2D eigenvalue weighted by Gasteiger charge is 2.14. The topological polar surface area (TPSA) is 21.3 Å². The Labute approximate surface area is 128 Å². The zero-order valence-corrected chi connectivity index (χ0v) is 13.2. The van der Waals surface area contributed by atoms with Crippen molar-refractivity contribution >= 4 is 0 Å². The minimum Gasteiger partial charge on any atom is -0.497 e. The molecule has 21 heavy (non-hydrogen) atoms. The molecule has 2 heteroatoms. The summed E-state index contributed by atoms with van der Waals surface area (Å²) in [7, 11) is 1.72. The van der Waals surface area contributed by atoms with Gasteiger partial charge in [-0.3, -0.25) is 0 Å². The van der Waals surface area contributed by atoms with E-state index in [9.17, 15) is 0 Å². The summed E-state index contributed by atoms with van der Waals surface area (Å²) in [5, 5.41) is 3.49. The molecule has 112 valence electrons. The van der Waals surface area contributed by atoms with Crippen LogP contribution < -0.4 is 10.1 Å². The molecule has 2 aromatic carbocycles. The molecule has 0 aliphatic rings. The molecule has 0 fully saturated rings. The second-order valence-corrected chi connectivity index (χ2v) is 5.42. The highest BCUT2D eigenvalue weighted by Crippen LogP contribution is 2.25. The van der Waals surface area contributed by atoms with Gasteiger partial charge in [-0.25, -0.2) is 0 Å². The van der Waals surface area contributed by atoms with E-state index in [0.717, 1.165) is 25.3 Å². The van der Waals surface area contributed by atoms with Crippen molar-refractivity contribution in [2.24, 2.45) is 0 Å². The van der Waals surface area contributed by atoms with Crippen molar-refractivity contribution in [3.63, 3.8) is 0 Å². The average molecular weight is 283 g/mol. The molecule has 2 rings (SSSR count). The zero-order chi connectivity index (χ0) is 15.1. The number of nitrogens with one attached hydrogen (secondary N) is 1. The minimum atomic E-state index is 0.484. The third-order valence-electron chi connectivity index (χ3n) is 3.89.